The highest BCUT2D eigenvalue weighted by molar-refractivity contribution is 7.90. The number of rotatable bonds is 8. The number of carboxylic acids is 1. The number of carbonyl (C=O) groups excluding carboxylic acids is 1. The van der Waals surface area contributed by atoms with E-state index >= 15 is 0 Å². The highest BCUT2D eigenvalue weighted by Crippen LogP contribution is 1.97. The van der Waals surface area contributed by atoms with Crippen LogP contribution in [0.15, 0.2) is 0 Å². The third-order valence-electron chi connectivity index (χ3n) is 1.80. The van der Waals surface area contributed by atoms with Gasteiger partial charge in [0.1, 0.15) is 0 Å². The minimum atomic E-state index is -3.83. The third-order valence-corrected chi connectivity index (χ3v) is 3.02. The van der Waals surface area contributed by atoms with Crippen molar-refractivity contribution in [1.29, 1.82) is 0 Å². The van der Waals surface area contributed by atoms with Crippen LogP contribution >= 0.6 is 0 Å². The molecule has 8 nitrogen and oxygen atoms in total. The molecular formula is C8H15NO7S. The van der Waals surface area contributed by atoms with Crippen LogP contribution in [0.1, 0.15) is 6.42 Å². The van der Waals surface area contributed by atoms with Crippen molar-refractivity contribution >= 4 is 22.0 Å². The van der Waals surface area contributed by atoms with E-state index in [1.807, 2.05) is 0 Å². The number of hydrogen-bond donors (Lipinski definition) is 2. The number of carbonyl (C=O) groups is 2. The smallest absolute Gasteiger partial charge is 0.322 e. The van der Waals surface area contributed by atoms with Gasteiger partial charge in [0.05, 0.1) is 19.6 Å². The van der Waals surface area contributed by atoms with Gasteiger partial charge in [-0.2, -0.15) is 0 Å². The fourth-order valence-electron chi connectivity index (χ4n) is 0.919. The molecule has 0 aromatic carbocycles. The van der Waals surface area contributed by atoms with E-state index in [0.717, 1.165) is 7.11 Å². The van der Waals surface area contributed by atoms with E-state index in [4.69, 9.17) is 9.84 Å². The Morgan fingerprint density at radius 1 is 1.35 bits per heavy atom. The fourth-order valence-corrected chi connectivity index (χ4v) is 1.89. The molecule has 0 bridgehead atoms. The quantitative estimate of drug-likeness (QED) is 0.518. The van der Waals surface area contributed by atoms with Crippen LogP contribution in [0.4, 0.5) is 0 Å². The van der Waals surface area contributed by atoms with Crippen molar-refractivity contribution in [2.75, 3.05) is 26.5 Å². The van der Waals surface area contributed by atoms with E-state index in [-0.39, 0.29) is 13.0 Å². The summed E-state index contributed by atoms with van der Waals surface area (Å²) in [6, 6.07) is 0. The van der Waals surface area contributed by atoms with E-state index < -0.39 is 33.8 Å². The monoisotopic (exact) mass is 269 g/mol. The molecule has 2 N–H and O–H groups in total. The van der Waals surface area contributed by atoms with Crippen LogP contribution < -0.4 is 4.72 Å². The molecule has 0 aromatic heterocycles. The molecule has 0 saturated carbocycles. The largest absolute Gasteiger partial charge is 0.481 e. The Bertz CT molecular complexity index is 364. The Morgan fingerprint density at radius 2 is 1.94 bits per heavy atom. The van der Waals surface area contributed by atoms with Crippen LogP contribution in [0.25, 0.3) is 0 Å². The van der Waals surface area contributed by atoms with Crippen LogP contribution in [0, 0.1) is 0 Å². The highest BCUT2D eigenvalue weighted by Gasteiger charge is 2.20. The molecule has 100 valence electrons. The van der Waals surface area contributed by atoms with E-state index in [0.29, 0.717) is 0 Å². The zero-order valence-electron chi connectivity index (χ0n) is 9.50. The SMILES string of the molecule is COC(=O)CS(=O)(=O)NCC(CC(=O)O)OC. The molecule has 0 aliphatic heterocycles. The van der Waals surface area contributed by atoms with Crippen molar-refractivity contribution in [1.82, 2.24) is 4.72 Å². The molecule has 17 heavy (non-hydrogen) atoms. The Morgan fingerprint density at radius 3 is 2.35 bits per heavy atom. The van der Waals surface area contributed by atoms with Crippen molar-refractivity contribution in [2.45, 2.75) is 12.5 Å². The van der Waals surface area contributed by atoms with Gasteiger partial charge >= 0.3 is 11.9 Å². The first-order valence-corrected chi connectivity index (χ1v) is 6.24. The molecule has 1 unspecified atom stereocenters. The molecular weight excluding hydrogens is 254 g/mol. The number of carboxylic acid groups (broad SMARTS) is 1. The fraction of sp³-hybridized carbons (Fsp3) is 0.750. The summed E-state index contributed by atoms with van der Waals surface area (Å²) in [5.41, 5.74) is 0. The molecule has 0 spiro atoms. The average Bonchev–Trinajstić information content (AvgIpc) is 2.23. The van der Waals surface area contributed by atoms with Crippen molar-refractivity contribution in [3.63, 3.8) is 0 Å². The summed E-state index contributed by atoms with van der Waals surface area (Å²) >= 11 is 0. The molecule has 0 rings (SSSR count). The van der Waals surface area contributed by atoms with Gasteiger partial charge < -0.3 is 14.6 Å². The van der Waals surface area contributed by atoms with Crippen molar-refractivity contribution < 1.29 is 32.6 Å². The molecule has 0 aliphatic carbocycles. The number of methoxy groups -OCH3 is 2. The predicted octanol–water partition coefficient (Wildman–Crippen LogP) is -1.43. The van der Waals surface area contributed by atoms with Crippen molar-refractivity contribution in [3.8, 4) is 0 Å². The summed E-state index contributed by atoms with van der Waals surface area (Å²) in [5, 5.41) is 8.50. The van der Waals surface area contributed by atoms with Crippen LogP contribution in [-0.2, 0) is 29.1 Å². The van der Waals surface area contributed by atoms with E-state index in [9.17, 15) is 18.0 Å². The van der Waals surface area contributed by atoms with Crippen LogP contribution in [0.2, 0.25) is 0 Å². The zero-order valence-corrected chi connectivity index (χ0v) is 10.3. The highest BCUT2D eigenvalue weighted by atomic mass is 32.2. The molecule has 9 heteroatoms. The van der Waals surface area contributed by atoms with Crippen LogP contribution in [0.5, 0.6) is 0 Å². The third kappa shape index (κ3) is 7.66. The first-order valence-electron chi connectivity index (χ1n) is 4.59. The van der Waals surface area contributed by atoms with Gasteiger partial charge in [0.25, 0.3) is 0 Å². The maximum absolute atomic E-state index is 11.3. The van der Waals surface area contributed by atoms with Gasteiger partial charge in [-0.15, -0.1) is 0 Å². The lowest BCUT2D eigenvalue weighted by Crippen LogP contribution is -2.37. The number of aliphatic carboxylic acids is 1. The van der Waals surface area contributed by atoms with Crippen molar-refractivity contribution in [3.05, 3.63) is 0 Å². The molecule has 0 fully saturated rings. The Labute approximate surface area is 98.9 Å². The van der Waals surface area contributed by atoms with Gasteiger partial charge in [0.2, 0.25) is 10.0 Å². The lowest BCUT2D eigenvalue weighted by molar-refractivity contribution is -0.140. The second-order valence-corrected chi connectivity index (χ2v) is 4.95. The zero-order chi connectivity index (χ0) is 13.5. The Balaban J connectivity index is 4.24. The topological polar surface area (TPSA) is 119 Å². The molecule has 1 atom stereocenters. The summed E-state index contributed by atoms with van der Waals surface area (Å²) in [7, 11) is -1.50. The molecule has 0 saturated heterocycles. The van der Waals surface area contributed by atoms with E-state index in [1.165, 1.54) is 7.11 Å². The molecule has 0 amide bonds. The maximum atomic E-state index is 11.3. The van der Waals surface area contributed by atoms with Crippen LogP contribution in [-0.4, -0.2) is 58.1 Å². The lowest BCUT2D eigenvalue weighted by Gasteiger charge is -2.13. The van der Waals surface area contributed by atoms with Gasteiger partial charge in [-0.25, -0.2) is 13.1 Å². The van der Waals surface area contributed by atoms with E-state index in [2.05, 4.69) is 9.46 Å². The summed E-state index contributed by atoms with van der Waals surface area (Å²) < 4.78 is 33.6. The molecule has 0 heterocycles. The Hall–Kier alpha value is -1.19. The summed E-state index contributed by atoms with van der Waals surface area (Å²) in [5.74, 6) is -2.82. The number of sulfonamides is 1. The van der Waals surface area contributed by atoms with Gasteiger partial charge in [-0.05, 0) is 0 Å². The van der Waals surface area contributed by atoms with Gasteiger partial charge in [-0.3, -0.25) is 9.59 Å². The number of esters is 1. The standard InChI is InChI=1S/C8H15NO7S/c1-15-6(3-7(10)11)4-9-17(13,14)5-8(12)16-2/h6,9H,3-5H2,1-2H3,(H,10,11). The molecule has 0 aromatic rings. The first kappa shape index (κ1) is 15.8. The Kier molecular flexibility index (Phi) is 6.69. The van der Waals surface area contributed by atoms with E-state index in [1.54, 1.807) is 0 Å². The van der Waals surface area contributed by atoms with Gasteiger partial charge in [0, 0.05) is 13.7 Å². The lowest BCUT2D eigenvalue weighted by atomic mass is 10.2. The molecule has 0 radical (unpaired) electrons. The summed E-state index contributed by atoms with van der Waals surface area (Å²) in [4.78, 5) is 21.1. The normalized spacial score (nSPS) is 13.1. The summed E-state index contributed by atoms with van der Waals surface area (Å²) in [6.07, 6.45) is -1.13. The van der Waals surface area contributed by atoms with Crippen LogP contribution in [0.3, 0.4) is 0 Å². The first-order chi connectivity index (χ1) is 7.80. The number of nitrogens with one attached hydrogen (secondary N) is 1. The minimum Gasteiger partial charge on any atom is -0.481 e. The number of hydrogen-bond acceptors (Lipinski definition) is 6. The maximum Gasteiger partial charge on any atom is 0.322 e. The van der Waals surface area contributed by atoms with Gasteiger partial charge in [0.15, 0.2) is 5.75 Å². The summed E-state index contributed by atoms with van der Waals surface area (Å²) in [6.45, 7) is -0.220. The predicted molar refractivity (Wildman–Crippen MR) is 56.9 cm³/mol. The molecule has 0 aliphatic rings. The minimum absolute atomic E-state index is 0.220. The van der Waals surface area contributed by atoms with Crippen molar-refractivity contribution in [2.24, 2.45) is 0 Å². The van der Waals surface area contributed by atoms with Gasteiger partial charge in [-0.1, -0.05) is 0 Å². The second kappa shape index (κ2) is 7.20. The average molecular weight is 269 g/mol. The number of ether oxygens (including phenoxy) is 2. The second-order valence-electron chi connectivity index (χ2n) is 3.14.